The lowest BCUT2D eigenvalue weighted by Gasteiger charge is -2.16. The highest BCUT2D eigenvalue weighted by molar-refractivity contribution is 6.15. The van der Waals surface area contributed by atoms with Crippen LogP contribution in [0.15, 0.2) is 273 Å². The molecule has 12 aromatic carbocycles. The Morgan fingerprint density at radius 2 is 0.594 bits per heavy atom. The van der Waals surface area contributed by atoms with Crippen molar-refractivity contribution in [1.29, 1.82) is 0 Å². The summed E-state index contributed by atoms with van der Waals surface area (Å²) in [4.78, 5) is 0. The number of benzene rings is 12. The van der Waals surface area contributed by atoms with Crippen molar-refractivity contribution in [2.24, 2.45) is 0 Å². The molecule has 0 unspecified atom stereocenters. The maximum absolute atomic E-state index is 2.50. The molecule has 1 heterocycles. The van der Waals surface area contributed by atoms with E-state index < -0.39 is 0 Å². The van der Waals surface area contributed by atoms with Gasteiger partial charge in [0.2, 0.25) is 0 Å². The lowest BCUT2D eigenvalue weighted by atomic mass is 9.90. The average Bonchev–Trinajstić information content (AvgIpc) is 3.76. The third kappa shape index (κ3) is 7.12. The van der Waals surface area contributed by atoms with Crippen LogP contribution in [0.1, 0.15) is 0 Å². The molecule has 69 heavy (non-hydrogen) atoms. The quantitative estimate of drug-likeness (QED) is 0.143. The minimum atomic E-state index is 1.16. The number of aromatic nitrogens is 1. The van der Waals surface area contributed by atoms with Gasteiger partial charge in [-0.2, -0.15) is 0 Å². The van der Waals surface area contributed by atoms with Gasteiger partial charge in [-0.15, -0.1) is 0 Å². The molecule has 0 N–H and O–H groups in total. The van der Waals surface area contributed by atoms with Gasteiger partial charge in [-0.1, -0.05) is 231 Å². The van der Waals surface area contributed by atoms with Gasteiger partial charge in [-0.25, -0.2) is 0 Å². The summed E-state index contributed by atoms with van der Waals surface area (Å²) < 4.78 is 2.50. The van der Waals surface area contributed by atoms with Crippen molar-refractivity contribution in [2.75, 3.05) is 0 Å². The van der Waals surface area contributed by atoms with Gasteiger partial charge in [0, 0.05) is 16.2 Å². The molecule has 0 radical (unpaired) electrons. The fourth-order valence-electron chi connectivity index (χ4n) is 10.7. The molecule has 0 amide bonds. The number of hydrogen-bond donors (Lipinski definition) is 0. The van der Waals surface area contributed by atoms with Crippen LogP contribution in [0.2, 0.25) is 0 Å². The van der Waals surface area contributed by atoms with Crippen LogP contribution in [0.3, 0.4) is 0 Å². The number of hydrogen-bond acceptors (Lipinski definition) is 0. The molecule has 322 valence electrons. The number of fused-ring (bicyclic) bond motifs is 5. The Hall–Kier alpha value is -9.04. The van der Waals surface area contributed by atoms with Gasteiger partial charge >= 0.3 is 0 Å². The maximum Gasteiger partial charge on any atom is 0.0541 e. The zero-order valence-electron chi connectivity index (χ0n) is 37.9. The van der Waals surface area contributed by atoms with Gasteiger partial charge in [0.05, 0.1) is 16.7 Å². The van der Waals surface area contributed by atoms with Gasteiger partial charge in [-0.05, 0) is 137 Å². The molecule has 0 saturated carbocycles. The second kappa shape index (κ2) is 17.0. The molecule has 13 rings (SSSR count). The van der Waals surface area contributed by atoms with E-state index in [2.05, 4.69) is 278 Å². The van der Waals surface area contributed by atoms with Crippen molar-refractivity contribution in [1.82, 2.24) is 4.57 Å². The van der Waals surface area contributed by atoms with Gasteiger partial charge in [-0.3, -0.25) is 0 Å². The summed E-state index contributed by atoms with van der Waals surface area (Å²) in [5, 5.41) is 7.35. The van der Waals surface area contributed by atoms with Gasteiger partial charge in [0.1, 0.15) is 0 Å². The van der Waals surface area contributed by atoms with E-state index in [0.717, 1.165) is 5.69 Å². The fraction of sp³-hybridized carbons (Fsp3) is 0. The molecule has 0 fully saturated rings. The van der Waals surface area contributed by atoms with Crippen molar-refractivity contribution in [3.05, 3.63) is 273 Å². The molecule has 0 bridgehead atoms. The lowest BCUT2D eigenvalue weighted by molar-refractivity contribution is 1.20. The number of rotatable bonds is 8. The second-order valence-electron chi connectivity index (χ2n) is 18.0. The van der Waals surface area contributed by atoms with Crippen LogP contribution < -0.4 is 0 Å². The van der Waals surface area contributed by atoms with Crippen LogP contribution in [0.4, 0.5) is 0 Å². The minimum Gasteiger partial charge on any atom is -0.309 e. The van der Waals surface area contributed by atoms with Crippen LogP contribution in [0.5, 0.6) is 0 Å². The zero-order chi connectivity index (χ0) is 45.7. The van der Waals surface area contributed by atoms with E-state index >= 15 is 0 Å². The van der Waals surface area contributed by atoms with Crippen LogP contribution in [0.25, 0.3) is 127 Å². The van der Waals surface area contributed by atoms with Crippen molar-refractivity contribution in [2.45, 2.75) is 0 Å². The standard InChI is InChI=1S/C68H45N/c1-5-18-46(19-6-1)51-32-36-56(62(42-51)49-22-9-3-10-23-49)53-34-39-67-64(44-53)65-45-54(57-37-33-52(47-20-7-2-8-21-47)43-63(57)50-24-11-4-12-25-50)35-40-68(65)69(67)66-41-38-60(59-29-15-16-30-61(59)66)58-31-17-27-48-26-13-14-28-55(48)58/h1-45H. The highest BCUT2D eigenvalue weighted by atomic mass is 15.0. The molecule has 1 heteroatoms. The summed E-state index contributed by atoms with van der Waals surface area (Å²) in [6.45, 7) is 0. The topological polar surface area (TPSA) is 4.93 Å². The molecule has 0 atom stereocenters. The Bertz CT molecular complexity index is 3850. The largest absolute Gasteiger partial charge is 0.309 e. The summed E-state index contributed by atoms with van der Waals surface area (Å²) in [5.74, 6) is 0. The third-order valence-corrected chi connectivity index (χ3v) is 14.0. The van der Waals surface area contributed by atoms with E-state index in [-0.39, 0.29) is 0 Å². The van der Waals surface area contributed by atoms with E-state index in [4.69, 9.17) is 0 Å². The van der Waals surface area contributed by atoms with E-state index in [0.29, 0.717) is 0 Å². The molecule has 1 aromatic heterocycles. The molecule has 0 aliphatic heterocycles. The Morgan fingerprint density at radius 1 is 0.188 bits per heavy atom. The smallest absolute Gasteiger partial charge is 0.0541 e. The molecule has 1 nitrogen and oxygen atoms in total. The summed E-state index contributed by atoms with van der Waals surface area (Å²) >= 11 is 0. The number of nitrogens with zero attached hydrogens (tertiary/aromatic N) is 1. The normalized spacial score (nSPS) is 11.5. The Balaban J connectivity index is 1.06. The van der Waals surface area contributed by atoms with Crippen LogP contribution in [-0.4, -0.2) is 4.57 Å². The second-order valence-corrected chi connectivity index (χ2v) is 18.0. The van der Waals surface area contributed by atoms with Crippen molar-refractivity contribution in [3.63, 3.8) is 0 Å². The predicted octanol–water partition coefficient (Wildman–Crippen LogP) is 18.8. The van der Waals surface area contributed by atoms with E-state index in [9.17, 15) is 0 Å². The monoisotopic (exact) mass is 875 g/mol. The fourth-order valence-corrected chi connectivity index (χ4v) is 10.7. The Labute approximate surface area is 402 Å². The maximum atomic E-state index is 2.50. The summed E-state index contributed by atoms with van der Waals surface area (Å²) in [6.07, 6.45) is 0. The Morgan fingerprint density at radius 3 is 1.13 bits per heavy atom. The van der Waals surface area contributed by atoms with Crippen LogP contribution >= 0.6 is 0 Å². The van der Waals surface area contributed by atoms with E-state index in [1.54, 1.807) is 0 Å². The van der Waals surface area contributed by atoms with Crippen molar-refractivity contribution >= 4 is 43.4 Å². The third-order valence-electron chi connectivity index (χ3n) is 14.0. The summed E-state index contributed by atoms with van der Waals surface area (Å²) in [5.41, 5.74) is 20.3. The first-order valence-corrected chi connectivity index (χ1v) is 23.8. The zero-order valence-corrected chi connectivity index (χ0v) is 37.9. The predicted molar refractivity (Wildman–Crippen MR) is 294 cm³/mol. The molecular weight excluding hydrogens is 831 g/mol. The molecule has 0 saturated heterocycles. The van der Waals surface area contributed by atoms with Crippen LogP contribution in [-0.2, 0) is 0 Å². The Kier molecular flexibility index (Phi) is 9.91. The van der Waals surface area contributed by atoms with E-state index in [1.165, 1.54) is 121 Å². The van der Waals surface area contributed by atoms with E-state index in [1.807, 2.05) is 0 Å². The summed E-state index contributed by atoms with van der Waals surface area (Å²) in [6, 6.07) is 100. The molecule has 0 aliphatic carbocycles. The van der Waals surface area contributed by atoms with Crippen molar-refractivity contribution < 1.29 is 0 Å². The SMILES string of the molecule is c1ccc(-c2ccc(-c3ccc4c(c3)c3cc(-c5ccc(-c6ccccc6)cc5-c5ccccc5)ccc3n4-c3ccc(-c4cccc5ccccc45)c4ccccc34)c(-c3ccccc3)c2)cc1. The minimum absolute atomic E-state index is 1.16. The first kappa shape index (κ1) is 40.3. The highest BCUT2D eigenvalue weighted by Crippen LogP contribution is 2.44. The average molecular weight is 876 g/mol. The van der Waals surface area contributed by atoms with Gasteiger partial charge < -0.3 is 4.57 Å². The van der Waals surface area contributed by atoms with Crippen molar-refractivity contribution in [3.8, 4) is 83.6 Å². The first-order valence-electron chi connectivity index (χ1n) is 23.8. The first-order chi connectivity index (χ1) is 34.2. The van der Waals surface area contributed by atoms with Gasteiger partial charge in [0.25, 0.3) is 0 Å². The molecule has 13 aromatic rings. The van der Waals surface area contributed by atoms with Crippen LogP contribution in [0, 0.1) is 0 Å². The highest BCUT2D eigenvalue weighted by Gasteiger charge is 2.20. The van der Waals surface area contributed by atoms with Gasteiger partial charge in [0.15, 0.2) is 0 Å². The molecular formula is C68H45N. The molecule has 0 aliphatic rings. The lowest BCUT2D eigenvalue weighted by Crippen LogP contribution is -1.97. The summed E-state index contributed by atoms with van der Waals surface area (Å²) in [7, 11) is 0. The molecule has 0 spiro atoms.